The van der Waals surface area contributed by atoms with E-state index in [0.717, 1.165) is 28.9 Å². The van der Waals surface area contributed by atoms with Crippen LogP contribution in [0.1, 0.15) is 33.4 Å². The van der Waals surface area contributed by atoms with E-state index in [4.69, 9.17) is 0 Å². The zero-order valence-corrected chi connectivity index (χ0v) is 17.3. The van der Waals surface area contributed by atoms with Gasteiger partial charge in [-0.05, 0) is 36.2 Å². The molecule has 0 spiro atoms. The van der Waals surface area contributed by atoms with E-state index >= 15 is 0 Å². The fraction of sp³-hybridized carbons (Fsp3) is 0.115. The van der Waals surface area contributed by atoms with Gasteiger partial charge in [-0.15, -0.1) is 0 Å². The third kappa shape index (κ3) is 2.92. The van der Waals surface area contributed by atoms with Crippen molar-refractivity contribution < 1.29 is 4.79 Å². The Balaban J connectivity index is 1.50. The van der Waals surface area contributed by atoms with E-state index in [1.165, 1.54) is 10.9 Å². The van der Waals surface area contributed by atoms with Gasteiger partial charge in [0, 0.05) is 47.3 Å². The highest BCUT2D eigenvalue weighted by atomic mass is 16.2. The quantitative estimate of drug-likeness (QED) is 0.443. The molecule has 1 amide bonds. The fourth-order valence-electron chi connectivity index (χ4n) is 4.75. The van der Waals surface area contributed by atoms with Crippen molar-refractivity contribution in [1.29, 1.82) is 0 Å². The number of H-pyrrole nitrogens is 2. The number of aromatic nitrogens is 4. The predicted molar refractivity (Wildman–Crippen MR) is 123 cm³/mol. The second-order valence-corrected chi connectivity index (χ2v) is 7.95. The summed E-state index contributed by atoms with van der Waals surface area (Å²) >= 11 is 0. The lowest BCUT2D eigenvalue weighted by Crippen LogP contribution is -2.41. The predicted octanol–water partition coefficient (Wildman–Crippen LogP) is 4.74. The second kappa shape index (κ2) is 7.50. The summed E-state index contributed by atoms with van der Waals surface area (Å²) < 4.78 is 0. The van der Waals surface area contributed by atoms with Crippen molar-refractivity contribution in [2.24, 2.45) is 0 Å². The van der Waals surface area contributed by atoms with Gasteiger partial charge in [-0.3, -0.25) is 9.78 Å². The van der Waals surface area contributed by atoms with E-state index in [1.54, 1.807) is 18.6 Å². The third-order valence-electron chi connectivity index (χ3n) is 6.17. The Morgan fingerprint density at radius 1 is 0.938 bits per heavy atom. The van der Waals surface area contributed by atoms with Crippen LogP contribution < -0.4 is 0 Å². The molecule has 0 aliphatic carbocycles. The number of para-hydroxylation sites is 1. The maximum absolute atomic E-state index is 14.0. The van der Waals surface area contributed by atoms with Crippen molar-refractivity contribution in [3.63, 3.8) is 0 Å². The zero-order valence-electron chi connectivity index (χ0n) is 17.3. The summed E-state index contributed by atoms with van der Waals surface area (Å²) in [7, 11) is 0. The molecule has 3 aromatic heterocycles. The highest BCUT2D eigenvalue weighted by Crippen LogP contribution is 2.39. The first kappa shape index (κ1) is 18.6. The van der Waals surface area contributed by atoms with Gasteiger partial charge in [0.2, 0.25) is 0 Å². The van der Waals surface area contributed by atoms with Gasteiger partial charge in [0.05, 0.1) is 11.3 Å². The number of nitrogens with one attached hydrogen (secondary N) is 2. The smallest absolute Gasteiger partial charge is 0.255 e. The summed E-state index contributed by atoms with van der Waals surface area (Å²) in [6, 6.07) is 21.5. The number of carbonyl (C=O) groups excluding carboxylic acids is 1. The molecule has 6 heteroatoms. The minimum atomic E-state index is -0.287. The maximum Gasteiger partial charge on any atom is 0.255 e. The van der Waals surface area contributed by atoms with Crippen LogP contribution in [0.5, 0.6) is 0 Å². The number of imidazole rings is 1. The largest absolute Gasteiger partial charge is 0.356 e. The van der Waals surface area contributed by atoms with E-state index in [1.807, 2.05) is 53.4 Å². The lowest BCUT2D eigenvalue weighted by atomic mass is 9.93. The maximum atomic E-state index is 14.0. The molecule has 0 fully saturated rings. The average Bonchev–Trinajstić information content (AvgIpc) is 3.52. The Hall–Kier alpha value is -4.19. The van der Waals surface area contributed by atoms with Crippen LogP contribution in [0.25, 0.3) is 22.3 Å². The molecule has 6 rings (SSSR count). The topological polar surface area (TPSA) is 77.7 Å². The van der Waals surface area contributed by atoms with Crippen LogP contribution in [-0.4, -0.2) is 37.3 Å². The molecule has 1 aliphatic rings. The van der Waals surface area contributed by atoms with Crippen molar-refractivity contribution in [2.45, 2.75) is 12.5 Å². The first-order valence-corrected chi connectivity index (χ1v) is 10.7. The lowest BCUT2D eigenvalue weighted by Gasteiger charge is -2.36. The van der Waals surface area contributed by atoms with Gasteiger partial charge in [0.25, 0.3) is 5.91 Å². The molecule has 0 unspecified atom stereocenters. The molecule has 1 aliphatic heterocycles. The molecule has 2 N–H and O–H groups in total. The number of hydrogen-bond donors (Lipinski definition) is 2. The summed E-state index contributed by atoms with van der Waals surface area (Å²) in [6.07, 6.45) is 6.04. The third-order valence-corrected chi connectivity index (χ3v) is 6.17. The molecule has 6 nitrogen and oxygen atoms in total. The van der Waals surface area contributed by atoms with Gasteiger partial charge in [0.15, 0.2) is 0 Å². The Labute approximate surface area is 185 Å². The highest BCUT2D eigenvalue weighted by Gasteiger charge is 2.36. The number of benzene rings is 2. The Morgan fingerprint density at radius 2 is 1.78 bits per heavy atom. The number of nitrogens with zero attached hydrogens (tertiary/aromatic N) is 3. The molecule has 4 heterocycles. The molecule has 1 atom stereocenters. The minimum absolute atomic E-state index is 0.0306. The van der Waals surface area contributed by atoms with E-state index in [9.17, 15) is 4.79 Å². The molecule has 0 saturated heterocycles. The second-order valence-electron chi connectivity index (χ2n) is 7.95. The van der Waals surface area contributed by atoms with Crippen molar-refractivity contribution in [3.8, 4) is 11.4 Å². The molecule has 0 saturated carbocycles. The van der Waals surface area contributed by atoms with E-state index in [0.29, 0.717) is 17.9 Å². The van der Waals surface area contributed by atoms with E-state index in [-0.39, 0.29) is 11.9 Å². The SMILES string of the molecule is O=C(c1ccccc1-c1ncc[nH]1)N1CCc2c([nH]c3ccccc23)[C@@H]1c1ccccn1. The molecular weight excluding hydrogens is 398 g/mol. The van der Waals surface area contributed by atoms with Gasteiger partial charge in [0.1, 0.15) is 11.9 Å². The standard InChI is InChI=1S/C26H21N5O/c32-26(20-9-2-1-8-19(20)25-28-14-15-29-25)31-16-12-18-17-7-3-4-10-21(17)30-23(18)24(31)22-11-5-6-13-27-22/h1-11,13-15,24,30H,12,16H2,(H,28,29)/t24-/m0/s1. The van der Waals surface area contributed by atoms with Crippen LogP contribution in [0.2, 0.25) is 0 Å². The van der Waals surface area contributed by atoms with Gasteiger partial charge in [-0.2, -0.15) is 0 Å². The monoisotopic (exact) mass is 419 g/mol. The normalized spacial score (nSPS) is 15.6. The van der Waals surface area contributed by atoms with E-state index in [2.05, 4.69) is 38.1 Å². The number of hydrogen-bond acceptors (Lipinski definition) is 3. The number of amides is 1. The van der Waals surface area contributed by atoms with Crippen LogP contribution in [-0.2, 0) is 6.42 Å². The molecule has 0 bridgehead atoms. The molecule has 5 aromatic rings. The Bertz CT molecular complexity index is 1400. The summed E-state index contributed by atoms with van der Waals surface area (Å²) in [5.41, 5.74) is 5.67. The number of pyridine rings is 1. The van der Waals surface area contributed by atoms with Gasteiger partial charge in [-0.1, -0.05) is 42.5 Å². The number of aromatic amines is 2. The molecule has 2 aromatic carbocycles. The summed E-state index contributed by atoms with van der Waals surface area (Å²) in [6.45, 7) is 0.613. The van der Waals surface area contributed by atoms with E-state index < -0.39 is 0 Å². The number of carbonyl (C=O) groups is 1. The van der Waals surface area contributed by atoms with Gasteiger partial charge in [-0.25, -0.2) is 4.98 Å². The average molecular weight is 419 g/mol. The Morgan fingerprint density at radius 3 is 2.62 bits per heavy atom. The zero-order chi connectivity index (χ0) is 21.5. The van der Waals surface area contributed by atoms with Crippen molar-refractivity contribution in [3.05, 3.63) is 108 Å². The van der Waals surface area contributed by atoms with Crippen molar-refractivity contribution in [1.82, 2.24) is 24.8 Å². The first-order valence-electron chi connectivity index (χ1n) is 10.7. The van der Waals surface area contributed by atoms with Crippen molar-refractivity contribution >= 4 is 16.8 Å². The lowest BCUT2D eigenvalue weighted by molar-refractivity contribution is 0.0689. The molecular formula is C26H21N5O. The van der Waals surface area contributed by atoms with Crippen LogP contribution in [0.4, 0.5) is 0 Å². The number of fused-ring (bicyclic) bond motifs is 3. The molecule has 0 radical (unpaired) electrons. The van der Waals surface area contributed by atoms with Crippen LogP contribution in [0.3, 0.4) is 0 Å². The van der Waals surface area contributed by atoms with Gasteiger partial charge < -0.3 is 14.9 Å². The van der Waals surface area contributed by atoms with Gasteiger partial charge >= 0.3 is 0 Å². The summed E-state index contributed by atoms with van der Waals surface area (Å²) in [5, 5.41) is 1.21. The first-order chi connectivity index (χ1) is 15.8. The van der Waals surface area contributed by atoms with Crippen LogP contribution in [0, 0.1) is 0 Å². The highest BCUT2D eigenvalue weighted by molar-refractivity contribution is 6.01. The van der Waals surface area contributed by atoms with Crippen LogP contribution >= 0.6 is 0 Å². The summed E-state index contributed by atoms with van der Waals surface area (Å²) in [4.78, 5) is 31.6. The minimum Gasteiger partial charge on any atom is -0.356 e. The number of rotatable bonds is 3. The Kier molecular flexibility index (Phi) is 4.35. The summed E-state index contributed by atoms with van der Waals surface area (Å²) in [5.74, 6) is 0.656. The molecule has 32 heavy (non-hydrogen) atoms. The van der Waals surface area contributed by atoms with Crippen molar-refractivity contribution in [2.75, 3.05) is 6.54 Å². The van der Waals surface area contributed by atoms with Crippen LogP contribution in [0.15, 0.2) is 85.3 Å². The molecule has 156 valence electrons. The fourth-order valence-corrected chi connectivity index (χ4v) is 4.75.